The number of carbonyl (C=O) groups excluding carboxylic acids is 1. The van der Waals surface area contributed by atoms with Crippen LogP contribution in [0.3, 0.4) is 0 Å². The summed E-state index contributed by atoms with van der Waals surface area (Å²) in [6.07, 6.45) is 0.508. The molecule has 0 fully saturated rings. The molecule has 4 heteroatoms. The van der Waals surface area contributed by atoms with Gasteiger partial charge in [0.2, 0.25) is 5.91 Å². The minimum Gasteiger partial charge on any atom is -0.493 e. The van der Waals surface area contributed by atoms with E-state index < -0.39 is 11.4 Å². The van der Waals surface area contributed by atoms with Crippen molar-refractivity contribution >= 4 is 11.6 Å². The van der Waals surface area contributed by atoms with Gasteiger partial charge in [-0.1, -0.05) is 36.4 Å². The Morgan fingerprint density at radius 2 is 1.80 bits per heavy atom. The molecule has 1 atom stereocenters. The Balaban J connectivity index is 2.08. The van der Waals surface area contributed by atoms with E-state index >= 15 is 0 Å². The fourth-order valence-electron chi connectivity index (χ4n) is 2.61. The van der Waals surface area contributed by atoms with E-state index in [-0.39, 0.29) is 0 Å². The van der Waals surface area contributed by atoms with Crippen molar-refractivity contribution in [2.24, 2.45) is 5.73 Å². The third-order valence-corrected chi connectivity index (χ3v) is 3.63. The van der Waals surface area contributed by atoms with Crippen LogP contribution in [-0.4, -0.2) is 12.5 Å². The number of para-hydroxylation sites is 2. The van der Waals surface area contributed by atoms with Crippen LogP contribution in [0.25, 0.3) is 0 Å². The van der Waals surface area contributed by atoms with Crippen LogP contribution in [0.5, 0.6) is 5.75 Å². The smallest absolute Gasteiger partial charge is 0.248 e. The summed E-state index contributed by atoms with van der Waals surface area (Å²) in [6, 6.07) is 17.1. The fraction of sp³-hybridized carbons (Fsp3) is 0.188. The Kier molecular flexibility index (Phi) is 3.06. The Labute approximate surface area is 117 Å². The number of fused-ring (bicyclic) bond motifs is 1. The van der Waals surface area contributed by atoms with Crippen molar-refractivity contribution in [3.05, 3.63) is 60.2 Å². The zero-order chi connectivity index (χ0) is 14.0. The summed E-state index contributed by atoms with van der Waals surface area (Å²) in [5.74, 6) is 0.318. The molecule has 1 aliphatic heterocycles. The molecule has 0 aliphatic carbocycles. The molecular formula is C16H16N2O2. The van der Waals surface area contributed by atoms with Crippen LogP contribution in [0.2, 0.25) is 0 Å². The molecule has 4 nitrogen and oxygen atoms in total. The Bertz CT molecular complexity index is 627. The lowest BCUT2D eigenvalue weighted by molar-refractivity contribution is -0.123. The maximum Gasteiger partial charge on any atom is 0.248 e. The molecule has 20 heavy (non-hydrogen) atoms. The van der Waals surface area contributed by atoms with Crippen LogP contribution in [0.1, 0.15) is 12.0 Å². The predicted octanol–water partition coefficient (Wildman–Crippen LogP) is 2.26. The Hall–Kier alpha value is -2.49. The number of ether oxygens (including phenoxy) is 1. The molecule has 0 saturated carbocycles. The first kappa shape index (κ1) is 12.5. The average molecular weight is 268 g/mol. The maximum atomic E-state index is 12.1. The van der Waals surface area contributed by atoms with E-state index in [2.05, 4.69) is 5.32 Å². The lowest BCUT2D eigenvalue weighted by Crippen LogP contribution is -2.50. The van der Waals surface area contributed by atoms with Gasteiger partial charge in [-0.15, -0.1) is 0 Å². The van der Waals surface area contributed by atoms with Gasteiger partial charge in [-0.25, -0.2) is 0 Å². The molecule has 102 valence electrons. The van der Waals surface area contributed by atoms with Gasteiger partial charge < -0.3 is 15.8 Å². The third kappa shape index (κ3) is 1.99. The van der Waals surface area contributed by atoms with E-state index in [0.29, 0.717) is 18.8 Å². The minimum absolute atomic E-state index is 0.392. The van der Waals surface area contributed by atoms with Gasteiger partial charge in [-0.2, -0.15) is 0 Å². The van der Waals surface area contributed by atoms with Crippen LogP contribution in [0, 0.1) is 0 Å². The van der Waals surface area contributed by atoms with E-state index in [1.54, 1.807) is 0 Å². The first-order valence-corrected chi connectivity index (χ1v) is 6.58. The van der Waals surface area contributed by atoms with Crippen LogP contribution in [-0.2, 0) is 10.3 Å². The lowest BCUT2D eigenvalue weighted by Gasteiger charge is -2.37. The van der Waals surface area contributed by atoms with Crippen molar-refractivity contribution in [2.75, 3.05) is 11.9 Å². The molecule has 1 aliphatic rings. The van der Waals surface area contributed by atoms with Gasteiger partial charge >= 0.3 is 0 Å². The second-order valence-corrected chi connectivity index (χ2v) is 4.86. The SMILES string of the molecule is NC(=O)C1(Nc2ccccc2)CCOc2ccccc21. The van der Waals surface area contributed by atoms with Gasteiger partial charge in [-0.05, 0) is 18.2 Å². The first-order chi connectivity index (χ1) is 9.72. The summed E-state index contributed by atoms with van der Waals surface area (Å²) in [6.45, 7) is 0.458. The molecule has 3 rings (SSSR count). The normalized spacial score (nSPS) is 20.6. The van der Waals surface area contributed by atoms with Crippen LogP contribution in [0.15, 0.2) is 54.6 Å². The van der Waals surface area contributed by atoms with E-state index in [1.165, 1.54) is 0 Å². The zero-order valence-corrected chi connectivity index (χ0v) is 11.0. The number of nitrogens with two attached hydrogens (primary N) is 1. The Morgan fingerprint density at radius 1 is 1.10 bits per heavy atom. The molecule has 0 bridgehead atoms. The van der Waals surface area contributed by atoms with Gasteiger partial charge in [0.15, 0.2) is 0 Å². The largest absolute Gasteiger partial charge is 0.493 e. The summed E-state index contributed by atoms with van der Waals surface area (Å²) in [5, 5.41) is 3.30. The molecule has 0 saturated heterocycles. The second kappa shape index (κ2) is 4.89. The summed E-state index contributed by atoms with van der Waals surface area (Å²) >= 11 is 0. The highest BCUT2D eigenvalue weighted by molar-refractivity contribution is 5.90. The van der Waals surface area contributed by atoms with E-state index in [4.69, 9.17) is 10.5 Å². The molecular weight excluding hydrogens is 252 g/mol. The standard InChI is InChI=1S/C16H16N2O2/c17-15(19)16(18-12-6-2-1-3-7-12)10-11-20-14-9-5-4-8-13(14)16/h1-9,18H,10-11H2,(H2,17,19). The number of benzene rings is 2. The van der Waals surface area contributed by atoms with Gasteiger partial charge in [-0.3, -0.25) is 4.79 Å². The van der Waals surface area contributed by atoms with Gasteiger partial charge in [0.25, 0.3) is 0 Å². The lowest BCUT2D eigenvalue weighted by atomic mass is 9.83. The molecule has 2 aromatic rings. The van der Waals surface area contributed by atoms with Gasteiger partial charge in [0, 0.05) is 17.7 Å². The molecule has 1 unspecified atom stereocenters. The highest BCUT2D eigenvalue weighted by Gasteiger charge is 2.43. The minimum atomic E-state index is -0.920. The number of amides is 1. The van der Waals surface area contributed by atoms with Gasteiger partial charge in [0.1, 0.15) is 11.3 Å². The molecule has 0 radical (unpaired) electrons. The zero-order valence-electron chi connectivity index (χ0n) is 11.0. The van der Waals surface area contributed by atoms with E-state index in [1.807, 2.05) is 54.6 Å². The number of carbonyl (C=O) groups is 1. The van der Waals surface area contributed by atoms with E-state index in [9.17, 15) is 4.79 Å². The number of primary amides is 1. The molecule has 2 aromatic carbocycles. The quantitative estimate of drug-likeness (QED) is 0.897. The number of nitrogens with one attached hydrogen (secondary N) is 1. The molecule has 0 aromatic heterocycles. The number of hydrogen-bond acceptors (Lipinski definition) is 3. The molecule has 1 amide bonds. The van der Waals surface area contributed by atoms with Crippen LogP contribution >= 0.6 is 0 Å². The average Bonchev–Trinajstić information content (AvgIpc) is 2.48. The predicted molar refractivity (Wildman–Crippen MR) is 77.5 cm³/mol. The summed E-state index contributed by atoms with van der Waals surface area (Å²) in [4.78, 5) is 12.1. The van der Waals surface area contributed by atoms with E-state index in [0.717, 1.165) is 11.3 Å². The molecule has 1 heterocycles. The second-order valence-electron chi connectivity index (χ2n) is 4.86. The van der Waals surface area contributed by atoms with Crippen molar-refractivity contribution in [1.29, 1.82) is 0 Å². The summed E-state index contributed by atoms with van der Waals surface area (Å²) < 4.78 is 5.62. The maximum absolute atomic E-state index is 12.1. The van der Waals surface area contributed by atoms with Crippen molar-refractivity contribution in [2.45, 2.75) is 12.0 Å². The number of hydrogen-bond donors (Lipinski definition) is 2. The highest BCUT2D eigenvalue weighted by atomic mass is 16.5. The summed E-state index contributed by atoms with van der Waals surface area (Å²) in [7, 11) is 0. The monoisotopic (exact) mass is 268 g/mol. The van der Waals surface area contributed by atoms with Crippen molar-refractivity contribution in [1.82, 2.24) is 0 Å². The number of rotatable bonds is 3. The fourth-order valence-corrected chi connectivity index (χ4v) is 2.61. The van der Waals surface area contributed by atoms with Crippen molar-refractivity contribution < 1.29 is 9.53 Å². The topological polar surface area (TPSA) is 64.4 Å². The molecule has 3 N–H and O–H groups in total. The highest BCUT2D eigenvalue weighted by Crippen LogP contribution is 2.39. The van der Waals surface area contributed by atoms with Crippen LogP contribution < -0.4 is 15.8 Å². The third-order valence-electron chi connectivity index (χ3n) is 3.63. The van der Waals surface area contributed by atoms with Crippen molar-refractivity contribution in [3.8, 4) is 5.75 Å². The number of anilines is 1. The van der Waals surface area contributed by atoms with Gasteiger partial charge in [0.05, 0.1) is 6.61 Å². The first-order valence-electron chi connectivity index (χ1n) is 6.58. The van der Waals surface area contributed by atoms with Crippen molar-refractivity contribution in [3.63, 3.8) is 0 Å². The molecule has 0 spiro atoms. The van der Waals surface area contributed by atoms with Crippen LogP contribution in [0.4, 0.5) is 5.69 Å². The summed E-state index contributed by atoms with van der Waals surface area (Å²) in [5.41, 5.74) is 6.45. The Morgan fingerprint density at radius 3 is 2.55 bits per heavy atom.